The minimum absolute atomic E-state index is 0.700. The van der Waals surface area contributed by atoms with E-state index in [0.29, 0.717) is 5.92 Å². The smallest absolute Gasteiger partial charge is 0.119 e. The summed E-state index contributed by atoms with van der Waals surface area (Å²) in [5.74, 6) is 1.62. The highest BCUT2D eigenvalue weighted by Crippen LogP contribution is 2.12. The molecule has 0 aromatic heterocycles. The fraction of sp³-hybridized carbons (Fsp3) is 0.571. The molecule has 0 bridgehead atoms. The topological polar surface area (TPSA) is 33.3 Å². The third-order valence-corrected chi connectivity index (χ3v) is 2.97. The lowest BCUT2D eigenvalue weighted by Crippen LogP contribution is -2.29. The van der Waals surface area contributed by atoms with Gasteiger partial charge >= 0.3 is 0 Å². The van der Waals surface area contributed by atoms with Gasteiger partial charge in [-0.3, -0.25) is 0 Å². The Morgan fingerprint density at radius 3 is 2.76 bits per heavy atom. The van der Waals surface area contributed by atoms with Crippen LogP contribution in [0.3, 0.4) is 0 Å². The number of hydrogen-bond acceptors (Lipinski definition) is 3. The van der Waals surface area contributed by atoms with Crippen LogP contribution in [0.25, 0.3) is 0 Å². The minimum atomic E-state index is 0.700. The van der Waals surface area contributed by atoms with Crippen molar-refractivity contribution in [2.45, 2.75) is 19.9 Å². The van der Waals surface area contributed by atoms with Gasteiger partial charge in [-0.25, -0.2) is 0 Å². The van der Waals surface area contributed by atoms with Crippen LogP contribution in [0, 0.1) is 5.92 Å². The van der Waals surface area contributed by atoms with Gasteiger partial charge in [-0.1, -0.05) is 25.5 Å². The predicted octanol–water partition coefficient (Wildman–Crippen LogP) is 2.03. The molecule has 0 saturated heterocycles. The third-order valence-electron chi connectivity index (χ3n) is 2.97. The van der Waals surface area contributed by atoms with E-state index in [9.17, 15) is 0 Å². The normalized spacial score (nSPS) is 12.4. The first-order chi connectivity index (χ1) is 8.30. The van der Waals surface area contributed by atoms with Gasteiger partial charge in [0.1, 0.15) is 5.75 Å². The molecule has 17 heavy (non-hydrogen) atoms. The van der Waals surface area contributed by atoms with Gasteiger partial charge in [-0.2, -0.15) is 0 Å². The Morgan fingerprint density at radius 1 is 1.29 bits per heavy atom. The van der Waals surface area contributed by atoms with Crippen molar-refractivity contribution in [3.8, 4) is 5.75 Å². The van der Waals surface area contributed by atoms with E-state index in [4.69, 9.17) is 4.74 Å². The molecule has 0 aliphatic carbocycles. The quantitative estimate of drug-likeness (QED) is 0.724. The van der Waals surface area contributed by atoms with Gasteiger partial charge in [0.15, 0.2) is 0 Å². The monoisotopic (exact) mass is 236 g/mol. The van der Waals surface area contributed by atoms with Crippen LogP contribution in [-0.2, 0) is 6.54 Å². The third kappa shape index (κ3) is 5.20. The number of methoxy groups -OCH3 is 1. The van der Waals surface area contributed by atoms with E-state index in [2.05, 4.69) is 29.7 Å². The van der Waals surface area contributed by atoms with E-state index in [1.54, 1.807) is 7.11 Å². The molecule has 3 nitrogen and oxygen atoms in total. The average molecular weight is 236 g/mol. The molecule has 0 aliphatic rings. The summed E-state index contributed by atoms with van der Waals surface area (Å²) in [4.78, 5) is 0. The zero-order valence-corrected chi connectivity index (χ0v) is 11.1. The summed E-state index contributed by atoms with van der Waals surface area (Å²) in [5, 5.41) is 6.72. The number of benzene rings is 1. The Morgan fingerprint density at radius 2 is 2.12 bits per heavy atom. The maximum absolute atomic E-state index is 5.20. The Labute approximate surface area is 105 Å². The first-order valence-electron chi connectivity index (χ1n) is 6.28. The molecule has 1 rings (SSSR count). The van der Waals surface area contributed by atoms with Crippen molar-refractivity contribution in [3.05, 3.63) is 29.8 Å². The lowest BCUT2D eigenvalue weighted by molar-refractivity contribution is 0.413. The Hall–Kier alpha value is -1.06. The molecule has 2 N–H and O–H groups in total. The summed E-state index contributed by atoms with van der Waals surface area (Å²) >= 11 is 0. The summed E-state index contributed by atoms with van der Waals surface area (Å²) in [6.45, 7) is 5.25. The van der Waals surface area contributed by atoms with Gasteiger partial charge in [-0.05, 0) is 43.8 Å². The number of ether oxygens (including phenoxy) is 1. The summed E-state index contributed by atoms with van der Waals surface area (Å²) in [6.07, 6.45) is 1.20. The van der Waals surface area contributed by atoms with Crippen molar-refractivity contribution in [2.24, 2.45) is 5.92 Å². The molecule has 1 atom stereocenters. The highest BCUT2D eigenvalue weighted by atomic mass is 16.5. The first-order valence-corrected chi connectivity index (χ1v) is 6.28. The fourth-order valence-electron chi connectivity index (χ4n) is 1.85. The van der Waals surface area contributed by atoms with Crippen molar-refractivity contribution in [2.75, 3.05) is 27.2 Å². The van der Waals surface area contributed by atoms with Gasteiger partial charge in [0.2, 0.25) is 0 Å². The van der Waals surface area contributed by atoms with Crippen LogP contribution in [0.5, 0.6) is 5.75 Å². The van der Waals surface area contributed by atoms with Crippen LogP contribution < -0.4 is 15.4 Å². The van der Waals surface area contributed by atoms with Crippen LogP contribution >= 0.6 is 0 Å². The highest BCUT2D eigenvalue weighted by Gasteiger charge is 2.04. The first kappa shape index (κ1) is 14.0. The molecule has 3 heteroatoms. The number of hydrogen-bond donors (Lipinski definition) is 2. The van der Waals surface area contributed by atoms with Gasteiger partial charge in [0.05, 0.1) is 7.11 Å². The molecule has 0 saturated carbocycles. The second-order valence-corrected chi connectivity index (χ2v) is 4.31. The SMILES string of the molecule is CCC(CNC)CNCc1cccc(OC)c1. The molecule has 0 fully saturated rings. The van der Waals surface area contributed by atoms with Gasteiger partial charge in [-0.15, -0.1) is 0 Å². The summed E-state index contributed by atoms with van der Waals surface area (Å²) < 4.78 is 5.20. The van der Waals surface area contributed by atoms with E-state index in [1.807, 2.05) is 19.2 Å². The molecule has 0 heterocycles. The molecule has 0 radical (unpaired) electrons. The van der Waals surface area contributed by atoms with Crippen LogP contribution in [0.4, 0.5) is 0 Å². The maximum Gasteiger partial charge on any atom is 0.119 e. The molecular weight excluding hydrogens is 212 g/mol. The van der Waals surface area contributed by atoms with Crippen LogP contribution in [0.2, 0.25) is 0 Å². The van der Waals surface area contributed by atoms with E-state index in [1.165, 1.54) is 12.0 Å². The standard InChI is InChI=1S/C14H24N2O/c1-4-12(9-15-2)10-16-11-13-6-5-7-14(8-13)17-3/h5-8,12,15-16H,4,9-11H2,1-3H3. The summed E-state index contributed by atoms with van der Waals surface area (Å²) in [7, 11) is 3.71. The zero-order valence-electron chi connectivity index (χ0n) is 11.1. The van der Waals surface area contributed by atoms with E-state index >= 15 is 0 Å². The molecule has 0 spiro atoms. The predicted molar refractivity (Wildman–Crippen MR) is 72.4 cm³/mol. The summed E-state index contributed by atoms with van der Waals surface area (Å²) in [6, 6.07) is 8.20. The molecule has 0 aliphatic heterocycles. The Balaban J connectivity index is 2.34. The highest BCUT2D eigenvalue weighted by molar-refractivity contribution is 5.28. The molecule has 1 aromatic carbocycles. The number of nitrogens with one attached hydrogen (secondary N) is 2. The molecule has 1 unspecified atom stereocenters. The Bertz CT molecular complexity index is 315. The zero-order chi connectivity index (χ0) is 12.5. The van der Waals surface area contributed by atoms with E-state index < -0.39 is 0 Å². The lowest BCUT2D eigenvalue weighted by Gasteiger charge is -2.15. The summed E-state index contributed by atoms with van der Waals surface area (Å²) in [5.41, 5.74) is 1.27. The average Bonchev–Trinajstić information content (AvgIpc) is 2.38. The number of rotatable bonds is 8. The van der Waals surface area contributed by atoms with Crippen LogP contribution in [-0.4, -0.2) is 27.2 Å². The van der Waals surface area contributed by atoms with Crippen molar-refractivity contribution >= 4 is 0 Å². The van der Waals surface area contributed by atoms with Gasteiger partial charge in [0, 0.05) is 6.54 Å². The second-order valence-electron chi connectivity index (χ2n) is 4.31. The van der Waals surface area contributed by atoms with Crippen molar-refractivity contribution in [1.82, 2.24) is 10.6 Å². The molecule has 1 aromatic rings. The van der Waals surface area contributed by atoms with Crippen LogP contribution in [0.15, 0.2) is 24.3 Å². The van der Waals surface area contributed by atoms with Crippen molar-refractivity contribution in [3.63, 3.8) is 0 Å². The fourth-order valence-corrected chi connectivity index (χ4v) is 1.85. The molecular formula is C14H24N2O. The molecule has 0 amide bonds. The maximum atomic E-state index is 5.20. The lowest BCUT2D eigenvalue weighted by atomic mass is 10.1. The molecule has 96 valence electrons. The second kappa shape index (κ2) is 8.09. The van der Waals surface area contributed by atoms with Crippen LogP contribution in [0.1, 0.15) is 18.9 Å². The van der Waals surface area contributed by atoms with Crippen molar-refractivity contribution in [1.29, 1.82) is 0 Å². The van der Waals surface area contributed by atoms with E-state index in [-0.39, 0.29) is 0 Å². The van der Waals surface area contributed by atoms with Gasteiger partial charge in [0.25, 0.3) is 0 Å². The minimum Gasteiger partial charge on any atom is -0.497 e. The van der Waals surface area contributed by atoms with Crippen molar-refractivity contribution < 1.29 is 4.74 Å². The Kier molecular flexibility index (Phi) is 6.67. The van der Waals surface area contributed by atoms with Gasteiger partial charge < -0.3 is 15.4 Å². The van der Waals surface area contributed by atoms with E-state index in [0.717, 1.165) is 25.4 Å². The largest absolute Gasteiger partial charge is 0.497 e.